The second-order valence-corrected chi connectivity index (χ2v) is 3.10. The smallest absolute Gasteiger partial charge is 0.129 e. The Labute approximate surface area is 71.0 Å². The fourth-order valence-corrected chi connectivity index (χ4v) is 1.13. The minimum absolute atomic E-state index is 0.289. The maximum Gasteiger partial charge on any atom is 0.129 e. The largest absolute Gasteiger partial charge is 0.300 e. The summed E-state index contributed by atoms with van der Waals surface area (Å²) in [6, 6.07) is 0. The Kier molecular flexibility index (Phi) is 6.29. The molecule has 0 aromatic carbocycles. The molecule has 1 nitrogen and oxygen atoms in total. The molecule has 1 unspecified atom stereocenters. The third kappa shape index (κ3) is 6.15. The van der Waals surface area contributed by atoms with Crippen LogP contribution in [0.5, 0.6) is 0 Å². The molecule has 0 N–H and O–H groups in total. The number of carbonyl (C=O) groups is 1. The average molecular weight is 152 g/mol. The van der Waals surface area contributed by atoms with Crippen LogP contribution in [0.4, 0.5) is 0 Å². The van der Waals surface area contributed by atoms with E-state index in [-0.39, 0.29) is 5.78 Å². The van der Waals surface area contributed by atoms with Crippen LogP contribution in [0.25, 0.3) is 0 Å². The van der Waals surface area contributed by atoms with Gasteiger partial charge in [-0.3, -0.25) is 0 Å². The molecule has 2 heteroatoms. The van der Waals surface area contributed by atoms with E-state index in [9.17, 15) is 4.79 Å². The van der Waals surface area contributed by atoms with Crippen molar-refractivity contribution in [2.24, 2.45) is 5.92 Å². The van der Waals surface area contributed by atoms with E-state index < -0.39 is 0 Å². The Morgan fingerprint density at radius 2 is 2.18 bits per heavy atom. The summed E-state index contributed by atoms with van der Waals surface area (Å²) in [5.41, 5.74) is 0. The van der Waals surface area contributed by atoms with Gasteiger partial charge in [0.1, 0.15) is 5.78 Å². The van der Waals surface area contributed by atoms with Crippen molar-refractivity contribution in [3.05, 3.63) is 0 Å². The molecule has 0 aliphatic heterocycles. The lowest BCUT2D eigenvalue weighted by Gasteiger charge is -2.10. The van der Waals surface area contributed by atoms with Crippen LogP contribution in [0.1, 0.15) is 39.5 Å². The van der Waals surface area contributed by atoms with Crippen molar-refractivity contribution < 1.29 is 4.79 Å². The Bertz CT molecular complexity index is 108. The highest BCUT2D eigenvalue weighted by atomic mass is 16.1. The van der Waals surface area contributed by atoms with Crippen molar-refractivity contribution in [1.29, 1.82) is 0 Å². The number of rotatable bonds is 6. The van der Waals surface area contributed by atoms with Crippen LogP contribution in [-0.4, -0.2) is 13.6 Å². The molecule has 1 atom stereocenters. The summed E-state index contributed by atoms with van der Waals surface area (Å²) in [6.07, 6.45) is 4.72. The normalized spacial score (nSPS) is 12.9. The van der Waals surface area contributed by atoms with Crippen molar-refractivity contribution in [2.45, 2.75) is 45.9 Å². The lowest BCUT2D eigenvalue weighted by atomic mass is 9.85. The van der Waals surface area contributed by atoms with Crippen LogP contribution >= 0.6 is 0 Å². The van der Waals surface area contributed by atoms with E-state index in [0.717, 1.165) is 32.0 Å². The molecule has 11 heavy (non-hydrogen) atoms. The first-order chi connectivity index (χ1) is 5.20. The molecule has 0 bridgehead atoms. The SMILES string of the molecule is [B]CC(CC)CCCC(C)=O. The number of ketones is 1. The monoisotopic (exact) mass is 152 g/mol. The second-order valence-electron chi connectivity index (χ2n) is 3.10. The third-order valence-electron chi connectivity index (χ3n) is 2.05. The van der Waals surface area contributed by atoms with Crippen LogP contribution < -0.4 is 0 Å². The van der Waals surface area contributed by atoms with Gasteiger partial charge in [0.05, 0.1) is 7.85 Å². The molecule has 0 aliphatic carbocycles. The Morgan fingerprint density at radius 3 is 2.55 bits per heavy atom. The molecule has 0 saturated carbocycles. The molecule has 62 valence electrons. The van der Waals surface area contributed by atoms with E-state index in [1.165, 1.54) is 0 Å². The predicted octanol–water partition coefficient (Wildman–Crippen LogP) is 2.36. The molecule has 0 aliphatic rings. The lowest BCUT2D eigenvalue weighted by Crippen LogP contribution is -1.99. The quantitative estimate of drug-likeness (QED) is 0.534. The maximum atomic E-state index is 10.6. The van der Waals surface area contributed by atoms with Crippen molar-refractivity contribution in [1.82, 2.24) is 0 Å². The van der Waals surface area contributed by atoms with Gasteiger partial charge >= 0.3 is 0 Å². The minimum Gasteiger partial charge on any atom is -0.300 e. The first-order valence-electron chi connectivity index (χ1n) is 4.40. The van der Waals surface area contributed by atoms with Crippen LogP contribution in [0, 0.1) is 5.92 Å². The van der Waals surface area contributed by atoms with E-state index in [0.29, 0.717) is 5.92 Å². The molecule has 0 saturated heterocycles. The van der Waals surface area contributed by atoms with Gasteiger partial charge in [0, 0.05) is 6.42 Å². The lowest BCUT2D eigenvalue weighted by molar-refractivity contribution is -0.117. The van der Waals surface area contributed by atoms with Crippen molar-refractivity contribution >= 4 is 13.6 Å². The zero-order valence-electron chi connectivity index (χ0n) is 7.60. The molecule has 0 heterocycles. The number of carbonyl (C=O) groups excluding carboxylic acids is 1. The fraction of sp³-hybridized carbons (Fsp3) is 0.889. The summed E-state index contributed by atoms with van der Waals surface area (Å²) in [5, 5.41) is 0. The standard InChI is InChI=1S/C9H17BO/c1-3-9(7-10)6-4-5-8(2)11/h9H,3-7H2,1-2H3. The van der Waals surface area contributed by atoms with Gasteiger partial charge in [0.2, 0.25) is 0 Å². The Morgan fingerprint density at radius 1 is 1.55 bits per heavy atom. The molecule has 0 fully saturated rings. The Balaban J connectivity index is 3.28. The van der Waals surface area contributed by atoms with Gasteiger partial charge in [-0.2, -0.15) is 0 Å². The van der Waals surface area contributed by atoms with E-state index in [1.54, 1.807) is 6.92 Å². The summed E-state index contributed by atoms with van der Waals surface area (Å²) in [4.78, 5) is 10.6. The average Bonchev–Trinajstić information content (AvgIpc) is 1.98. The van der Waals surface area contributed by atoms with Gasteiger partial charge in [-0.1, -0.05) is 26.1 Å². The highest BCUT2D eigenvalue weighted by Crippen LogP contribution is 2.15. The molecular formula is C9H17BO. The van der Waals surface area contributed by atoms with Crippen molar-refractivity contribution in [3.63, 3.8) is 0 Å². The van der Waals surface area contributed by atoms with Gasteiger partial charge in [0.15, 0.2) is 0 Å². The van der Waals surface area contributed by atoms with E-state index in [1.807, 2.05) is 0 Å². The molecule has 0 rings (SSSR count). The van der Waals surface area contributed by atoms with Crippen LogP contribution in [0.2, 0.25) is 6.32 Å². The second kappa shape index (κ2) is 6.45. The van der Waals surface area contributed by atoms with Crippen LogP contribution in [-0.2, 0) is 4.79 Å². The highest BCUT2D eigenvalue weighted by molar-refractivity contribution is 6.08. The summed E-state index contributed by atoms with van der Waals surface area (Å²) in [5.74, 6) is 0.909. The summed E-state index contributed by atoms with van der Waals surface area (Å²) in [7, 11) is 5.52. The van der Waals surface area contributed by atoms with E-state index in [4.69, 9.17) is 7.85 Å². The summed E-state index contributed by atoms with van der Waals surface area (Å²) >= 11 is 0. The zero-order valence-corrected chi connectivity index (χ0v) is 7.60. The first-order valence-corrected chi connectivity index (χ1v) is 4.40. The van der Waals surface area contributed by atoms with E-state index in [2.05, 4.69) is 6.92 Å². The maximum absolute atomic E-state index is 10.6. The molecule has 2 radical (unpaired) electrons. The first kappa shape index (κ1) is 10.7. The van der Waals surface area contributed by atoms with E-state index >= 15 is 0 Å². The summed E-state index contributed by atoms with van der Waals surface area (Å²) in [6.45, 7) is 3.79. The van der Waals surface area contributed by atoms with Gasteiger partial charge in [-0.15, -0.1) is 0 Å². The van der Waals surface area contributed by atoms with Gasteiger partial charge in [0.25, 0.3) is 0 Å². The van der Waals surface area contributed by atoms with Gasteiger partial charge < -0.3 is 4.79 Å². The zero-order chi connectivity index (χ0) is 8.69. The molecule has 0 amide bonds. The molecular weight excluding hydrogens is 135 g/mol. The Hall–Kier alpha value is -0.265. The minimum atomic E-state index is 0.289. The molecule has 0 aromatic heterocycles. The third-order valence-corrected chi connectivity index (χ3v) is 2.05. The fourth-order valence-electron chi connectivity index (χ4n) is 1.13. The van der Waals surface area contributed by atoms with Crippen molar-refractivity contribution in [3.8, 4) is 0 Å². The van der Waals surface area contributed by atoms with Gasteiger partial charge in [-0.25, -0.2) is 0 Å². The highest BCUT2D eigenvalue weighted by Gasteiger charge is 2.02. The van der Waals surface area contributed by atoms with Crippen molar-refractivity contribution in [2.75, 3.05) is 0 Å². The van der Waals surface area contributed by atoms with Gasteiger partial charge in [-0.05, 0) is 19.3 Å². The van der Waals surface area contributed by atoms with Crippen LogP contribution in [0.3, 0.4) is 0 Å². The number of hydrogen-bond donors (Lipinski definition) is 0. The van der Waals surface area contributed by atoms with Crippen LogP contribution in [0.15, 0.2) is 0 Å². The molecule has 0 aromatic rings. The topological polar surface area (TPSA) is 17.1 Å². The predicted molar refractivity (Wildman–Crippen MR) is 48.9 cm³/mol. The number of Topliss-reactive ketones (excluding diaryl/α,β-unsaturated/α-hetero) is 1. The molecule has 0 spiro atoms. The number of hydrogen-bond acceptors (Lipinski definition) is 1. The summed E-state index contributed by atoms with van der Waals surface area (Å²) < 4.78 is 0.